The van der Waals surface area contributed by atoms with E-state index < -0.39 is 11.8 Å². The first kappa shape index (κ1) is 16.1. The quantitative estimate of drug-likeness (QED) is 0.536. The van der Waals surface area contributed by atoms with Crippen molar-refractivity contribution in [1.82, 2.24) is 19.9 Å². The van der Waals surface area contributed by atoms with Crippen LogP contribution >= 0.6 is 0 Å². The molecular formula is C19H15F2N5. The number of halogens is 2. The Morgan fingerprint density at radius 1 is 1.08 bits per heavy atom. The zero-order valence-electron chi connectivity index (χ0n) is 13.7. The lowest BCUT2D eigenvalue weighted by Crippen LogP contribution is -2.04. The molecule has 0 bridgehead atoms. The maximum Gasteiger partial charge on any atom is 0.218 e. The highest BCUT2D eigenvalue weighted by atomic mass is 19.1. The summed E-state index contributed by atoms with van der Waals surface area (Å²) in [4.78, 5) is 15.0. The number of pyridine rings is 3. The monoisotopic (exact) mass is 351 g/mol. The third-order valence-electron chi connectivity index (χ3n) is 4.08. The Labute approximate surface area is 148 Å². The maximum absolute atomic E-state index is 14.4. The Hall–Kier alpha value is -3.35. The summed E-state index contributed by atoms with van der Waals surface area (Å²) < 4.78 is 27.5. The van der Waals surface area contributed by atoms with E-state index in [1.807, 2.05) is 18.3 Å². The second-order valence-corrected chi connectivity index (χ2v) is 5.90. The molecule has 0 atom stereocenters. The molecule has 4 aromatic heterocycles. The number of aromatic amines is 1. The van der Waals surface area contributed by atoms with Crippen LogP contribution in [0.3, 0.4) is 0 Å². The molecule has 7 heteroatoms. The van der Waals surface area contributed by atoms with Crippen molar-refractivity contribution >= 4 is 16.9 Å². The molecule has 26 heavy (non-hydrogen) atoms. The van der Waals surface area contributed by atoms with Crippen molar-refractivity contribution in [2.75, 3.05) is 5.32 Å². The summed E-state index contributed by atoms with van der Waals surface area (Å²) in [6.45, 7) is 0.310. The van der Waals surface area contributed by atoms with Crippen LogP contribution in [0, 0.1) is 11.8 Å². The minimum absolute atomic E-state index is 0.310. The number of nitrogens with zero attached hydrogens (tertiary/aromatic N) is 3. The van der Waals surface area contributed by atoms with Gasteiger partial charge in [0.05, 0.1) is 6.20 Å². The smallest absolute Gasteiger partial charge is 0.218 e. The maximum atomic E-state index is 14.4. The fourth-order valence-electron chi connectivity index (χ4n) is 2.80. The SMILES string of the molecule is Fc1cncc(CNc2ccc(Cc3c[nH]c4ncccc34)c(F)n2)c1. The molecule has 0 aliphatic carbocycles. The Bertz CT molecular complexity index is 1060. The van der Waals surface area contributed by atoms with Crippen molar-refractivity contribution in [2.45, 2.75) is 13.0 Å². The van der Waals surface area contributed by atoms with Gasteiger partial charge in [-0.25, -0.2) is 14.4 Å². The standard InChI is InChI=1S/C19H15F2N5/c20-15-6-12(8-22-11-15)9-24-17-4-3-13(18(21)26-17)7-14-10-25-19-16(14)2-1-5-23-19/h1-6,8,10-11H,7,9H2,(H,23,25)(H,24,26). The summed E-state index contributed by atoms with van der Waals surface area (Å²) in [5.74, 6) is -0.561. The molecule has 4 aromatic rings. The molecule has 0 unspecified atom stereocenters. The number of nitrogens with one attached hydrogen (secondary N) is 2. The van der Waals surface area contributed by atoms with Gasteiger partial charge < -0.3 is 10.3 Å². The van der Waals surface area contributed by atoms with E-state index in [9.17, 15) is 8.78 Å². The highest BCUT2D eigenvalue weighted by Gasteiger charge is 2.10. The number of rotatable bonds is 5. The van der Waals surface area contributed by atoms with Crippen LogP contribution in [0.25, 0.3) is 11.0 Å². The van der Waals surface area contributed by atoms with E-state index in [1.54, 1.807) is 24.5 Å². The van der Waals surface area contributed by atoms with Crippen molar-refractivity contribution in [2.24, 2.45) is 0 Å². The van der Waals surface area contributed by atoms with Gasteiger partial charge in [-0.3, -0.25) is 4.98 Å². The van der Waals surface area contributed by atoms with Crippen LogP contribution in [-0.2, 0) is 13.0 Å². The van der Waals surface area contributed by atoms with Gasteiger partial charge in [0.25, 0.3) is 0 Å². The number of hydrogen-bond donors (Lipinski definition) is 2. The molecule has 0 amide bonds. The van der Waals surface area contributed by atoms with E-state index in [4.69, 9.17) is 0 Å². The predicted molar refractivity (Wildman–Crippen MR) is 94.6 cm³/mol. The molecule has 0 spiro atoms. The second kappa shape index (κ2) is 6.87. The predicted octanol–water partition coefficient (Wildman–Crippen LogP) is 3.83. The first-order valence-corrected chi connectivity index (χ1v) is 8.09. The first-order valence-electron chi connectivity index (χ1n) is 8.09. The van der Waals surface area contributed by atoms with Gasteiger partial charge in [0.15, 0.2) is 0 Å². The topological polar surface area (TPSA) is 66.5 Å². The van der Waals surface area contributed by atoms with Crippen LogP contribution in [0.4, 0.5) is 14.6 Å². The number of anilines is 1. The van der Waals surface area contributed by atoms with Gasteiger partial charge in [-0.2, -0.15) is 4.39 Å². The van der Waals surface area contributed by atoms with Crippen LogP contribution in [0.15, 0.2) is 55.1 Å². The largest absolute Gasteiger partial charge is 0.366 e. The highest BCUT2D eigenvalue weighted by Crippen LogP contribution is 2.21. The van der Waals surface area contributed by atoms with E-state index in [-0.39, 0.29) is 0 Å². The average Bonchev–Trinajstić information content (AvgIpc) is 3.05. The van der Waals surface area contributed by atoms with Crippen LogP contribution in [-0.4, -0.2) is 19.9 Å². The number of fused-ring (bicyclic) bond motifs is 1. The molecule has 0 aliphatic heterocycles. The van der Waals surface area contributed by atoms with Gasteiger partial charge in [-0.05, 0) is 35.4 Å². The molecule has 0 fully saturated rings. The molecule has 4 rings (SSSR count). The van der Waals surface area contributed by atoms with Crippen molar-refractivity contribution in [3.63, 3.8) is 0 Å². The third kappa shape index (κ3) is 3.37. The molecule has 5 nitrogen and oxygen atoms in total. The molecule has 2 N–H and O–H groups in total. The van der Waals surface area contributed by atoms with Crippen molar-refractivity contribution in [3.8, 4) is 0 Å². The molecule has 4 heterocycles. The molecular weight excluding hydrogens is 336 g/mol. The highest BCUT2D eigenvalue weighted by molar-refractivity contribution is 5.79. The van der Waals surface area contributed by atoms with Crippen LogP contribution in [0.1, 0.15) is 16.7 Å². The Kier molecular flexibility index (Phi) is 4.27. The molecule has 0 aliphatic rings. The van der Waals surface area contributed by atoms with Crippen molar-refractivity contribution in [3.05, 3.63) is 83.6 Å². The molecule has 130 valence electrons. The number of H-pyrrole nitrogens is 1. The van der Waals surface area contributed by atoms with Crippen LogP contribution in [0.5, 0.6) is 0 Å². The normalized spacial score (nSPS) is 11.0. The lowest BCUT2D eigenvalue weighted by molar-refractivity contribution is 0.571. The van der Waals surface area contributed by atoms with E-state index in [0.717, 1.165) is 22.8 Å². The average molecular weight is 351 g/mol. The molecule has 0 aromatic carbocycles. The van der Waals surface area contributed by atoms with Crippen LogP contribution in [0.2, 0.25) is 0 Å². The van der Waals surface area contributed by atoms with Gasteiger partial charge in [0, 0.05) is 42.5 Å². The lowest BCUT2D eigenvalue weighted by Gasteiger charge is -2.08. The summed E-state index contributed by atoms with van der Waals surface area (Å²) in [6.07, 6.45) is 6.64. The minimum atomic E-state index is -0.536. The van der Waals surface area contributed by atoms with Gasteiger partial charge in [-0.15, -0.1) is 0 Å². The van der Waals surface area contributed by atoms with Gasteiger partial charge >= 0.3 is 0 Å². The van der Waals surface area contributed by atoms with E-state index >= 15 is 0 Å². The van der Waals surface area contributed by atoms with E-state index in [1.165, 1.54) is 6.07 Å². The summed E-state index contributed by atoms with van der Waals surface area (Å²) in [7, 11) is 0. The van der Waals surface area contributed by atoms with Crippen molar-refractivity contribution in [1.29, 1.82) is 0 Å². The van der Waals surface area contributed by atoms with Gasteiger partial charge in [0.2, 0.25) is 5.95 Å². The second-order valence-electron chi connectivity index (χ2n) is 5.90. The fraction of sp³-hybridized carbons (Fsp3) is 0.105. The molecule has 0 saturated heterocycles. The Morgan fingerprint density at radius 3 is 2.85 bits per heavy atom. The minimum Gasteiger partial charge on any atom is -0.366 e. The zero-order valence-corrected chi connectivity index (χ0v) is 13.7. The molecule has 0 saturated carbocycles. The Balaban J connectivity index is 1.49. The van der Waals surface area contributed by atoms with Gasteiger partial charge in [0.1, 0.15) is 17.3 Å². The lowest BCUT2D eigenvalue weighted by atomic mass is 10.1. The Morgan fingerprint density at radius 2 is 2.00 bits per heavy atom. The van der Waals surface area contributed by atoms with Crippen molar-refractivity contribution < 1.29 is 8.78 Å². The number of hydrogen-bond acceptors (Lipinski definition) is 4. The summed E-state index contributed by atoms with van der Waals surface area (Å²) in [5, 5.41) is 3.94. The molecule has 0 radical (unpaired) electrons. The van der Waals surface area contributed by atoms with Crippen LogP contribution < -0.4 is 5.32 Å². The van der Waals surface area contributed by atoms with Gasteiger partial charge in [-0.1, -0.05) is 6.07 Å². The summed E-state index contributed by atoms with van der Waals surface area (Å²) in [5.41, 5.74) is 2.88. The zero-order chi connectivity index (χ0) is 17.9. The summed E-state index contributed by atoms with van der Waals surface area (Å²) in [6, 6.07) is 8.57. The van der Waals surface area contributed by atoms with E-state index in [2.05, 4.69) is 25.3 Å². The first-order chi connectivity index (χ1) is 12.7. The summed E-state index contributed by atoms with van der Waals surface area (Å²) >= 11 is 0. The fourth-order valence-corrected chi connectivity index (χ4v) is 2.80. The third-order valence-corrected chi connectivity index (χ3v) is 4.08. The van der Waals surface area contributed by atoms with E-state index in [0.29, 0.717) is 29.9 Å². The number of aromatic nitrogens is 4.